The fraction of sp³-hybridized carbons (Fsp3) is 0.333. The first-order valence-electron chi connectivity index (χ1n) is 5.37. The minimum absolute atomic E-state index is 0.203. The van der Waals surface area contributed by atoms with Gasteiger partial charge in [0.05, 0.1) is 11.8 Å². The lowest BCUT2D eigenvalue weighted by Crippen LogP contribution is -2.41. The Kier molecular flexibility index (Phi) is 3.47. The number of nitrogens with one attached hydrogen (secondary N) is 1. The van der Waals surface area contributed by atoms with Crippen molar-refractivity contribution < 1.29 is 14.7 Å². The molecule has 1 saturated carbocycles. The van der Waals surface area contributed by atoms with Crippen LogP contribution in [0.25, 0.3) is 0 Å². The number of hydrogen-bond acceptors (Lipinski definition) is 2. The van der Waals surface area contributed by atoms with Gasteiger partial charge in [0, 0.05) is 10.2 Å². The lowest BCUT2D eigenvalue weighted by Gasteiger charge is -2.31. The summed E-state index contributed by atoms with van der Waals surface area (Å²) in [5, 5.41) is 11.6. The molecule has 2 N–H and O–H groups in total. The molecular formula is C12H12BrNO3. The molecule has 0 bridgehead atoms. The number of rotatable bonds is 3. The second-order valence-corrected chi connectivity index (χ2v) is 5.04. The minimum Gasteiger partial charge on any atom is -0.481 e. The molecular weight excluding hydrogens is 286 g/mol. The number of carbonyl (C=O) groups excluding carboxylic acids is 1. The van der Waals surface area contributed by atoms with E-state index in [0.29, 0.717) is 18.5 Å². The van der Waals surface area contributed by atoms with E-state index in [2.05, 4.69) is 21.2 Å². The molecule has 1 fully saturated rings. The molecule has 0 spiro atoms. The third kappa shape index (κ3) is 2.66. The highest BCUT2D eigenvalue weighted by atomic mass is 79.9. The Hall–Kier alpha value is -1.36. The van der Waals surface area contributed by atoms with Crippen LogP contribution in [0.2, 0.25) is 0 Å². The Morgan fingerprint density at radius 1 is 1.18 bits per heavy atom. The van der Waals surface area contributed by atoms with Crippen molar-refractivity contribution in [1.29, 1.82) is 0 Å². The first-order chi connectivity index (χ1) is 8.08. The van der Waals surface area contributed by atoms with Crippen LogP contribution in [0.1, 0.15) is 12.8 Å². The fourth-order valence-corrected chi connectivity index (χ4v) is 2.14. The molecule has 4 nitrogen and oxygen atoms in total. The van der Waals surface area contributed by atoms with Gasteiger partial charge in [0.1, 0.15) is 0 Å². The Morgan fingerprint density at radius 3 is 2.24 bits per heavy atom. The van der Waals surface area contributed by atoms with Crippen molar-refractivity contribution in [1.82, 2.24) is 0 Å². The van der Waals surface area contributed by atoms with Gasteiger partial charge in [-0.05, 0) is 37.1 Å². The van der Waals surface area contributed by atoms with Crippen molar-refractivity contribution in [3.8, 4) is 0 Å². The molecule has 1 aromatic rings. The maximum atomic E-state index is 11.8. The van der Waals surface area contributed by atoms with Gasteiger partial charge in [0.15, 0.2) is 0 Å². The molecule has 1 amide bonds. The third-order valence-corrected chi connectivity index (χ3v) is 3.57. The van der Waals surface area contributed by atoms with Crippen LogP contribution >= 0.6 is 15.9 Å². The van der Waals surface area contributed by atoms with Crippen LogP contribution in [0.3, 0.4) is 0 Å². The first-order valence-corrected chi connectivity index (χ1v) is 6.16. The van der Waals surface area contributed by atoms with Crippen molar-refractivity contribution >= 4 is 33.5 Å². The van der Waals surface area contributed by atoms with Crippen LogP contribution in [0.15, 0.2) is 28.7 Å². The zero-order valence-electron chi connectivity index (χ0n) is 9.02. The van der Waals surface area contributed by atoms with Crippen LogP contribution in [0.4, 0.5) is 5.69 Å². The van der Waals surface area contributed by atoms with Gasteiger partial charge >= 0.3 is 5.97 Å². The quantitative estimate of drug-likeness (QED) is 0.901. The number of carboxylic acid groups (broad SMARTS) is 1. The second kappa shape index (κ2) is 4.87. The van der Waals surface area contributed by atoms with E-state index in [9.17, 15) is 9.59 Å². The summed E-state index contributed by atoms with van der Waals surface area (Å²) in [4.78, 5) is 22.6. The van der Waals surface area contributed by atoms with Crippen LogP contribution in [0, 0.1) is 11.8 Å². The van der Waals surface area contributed by atoms with Crippen molar-refractivity contribution in [2.75, 3.05) is 5.32 Å². The molecule has 0 heterocycles. The summed E-state index contributed by atoms with van der Waals surface area (Å²) in [5.41, 5.74) is 0.689. The van der Waals surface area contributed by atoms with E-state index in [-0.39, 0.29) is 5.91 Å². The maximum absolute atomic E-state index is 11.8. The molecule has 0 aliphatic heterocycles. The van der Waals surface area contributed by atoms with Gasteiger partial charge in [0.2, 0.25) is 5.91 Å². The zero-order chi connectivity index (χ0) is 12.4. The van der Waals surface area contributed by atoms with Crippen molar-refractivity contribution in [2.24, 2.45) is 11.8 Å². The number of benzene rings is 1. The number of hydrogen-bond donors (Lipinski definition) is 2. The van der Waals surface area contributed by atoms with Gasteiger partial charge in [-0.1, -0.05) is 15.9 Å². The van der Waals surface area contributed by atoms with Crippen LogP contribution in [0.5, 0.6) is 0 Å². The topological polar surface area (TPSA) is 66.4 Å². The molecule has 90 valence electrons. The minimum atomic E-state index is -0.882. The smallest absolute Gasteiger partial charge is 0.307 e. The van der Waals surface area contributed by atoms with Crippen LogP contribution in [-0.2, 0) is 9.59 Å². The molecule has 2 atom stereocenters. The summed E-state index contributed by atoms with van der Waals surface area (Å²) in [5.74, 6) is -2.00. The Balaban J connectivity index is 1.98. The molecule has 0 radical (unpaired) electrons. The summed E-state index contributed by atoms with van der Waals surface area (Å²) in [6.45, 7) is 0. The third-order valence-electron chi connectivity index (χ3n) is 3.04. The summed E-state index contributed by atoms with van der Waals surface area (Å²) in [6, 6.07) is 7.20. The van der Waals surface area contributed by atoms with Gasteiger partial charge in [-0.15, -0.1) is 0 Å². The Bertz CT molecular complexity index is 444. The lowest BCUT2D eigenvalue weighted by molar-refractivity contribution is -0.151. The first kappa shape index (κ1) is 12.1. The molecule has 17 heavy (non-hydrogen) atoms. The van der Waals surface area contributed by atoms with E-state index in [1.54, 1.807) is 12.1 Å². The van der Waals surface area contributed by atoms with Gasteiger partial charge in [-0.25, -0.2) is 0 Å². The largest absolute Gasteiger partial charge is 0.481 e. The fourth-order valence-electron chi connectivity index (χ4n) is 1.88. The summed E-state index contributed by atoms with van der Waals surface area (Å²) in [6.07, 6.45) is 1.24. The number of carbonyl (C=O) groups is 2. The second-order valence-electron chi connectivity index (χ2n) is 4.12. The van der Waals surface area contributed by atoms with Gasteiger partial charge < -0.3 is 10.4 Å². The van der Waals surface area contributed by atoms with Crippen LogP contribution < -0.4 is 5.32 Å². The molecule has 0 aromatic heterocycles. The predicted octanol–water partition coefficient (Wildman–Crippen LogP) is 2.50. The average Bonchev–Trinajstić information content (AvgIpc) is 2.18. The summed E-state index contributed by atoms with van der Waals surface area (Å²) >= 11 is 3.30. The van der Waals surface area contributed by atoms with Crippen molar-refractivity contribution in [2.45, 2.75) is 12.8 Å². The van der Waals surface area contributed by atoms with Crippen molar-refractivity contribution in [3.05, 3.63) is 28.7 Å². The molecule has 5 heteroatoms. The number of carboxylic acids is 1. The molecule has 2 unspecified atom stereocenters. The van der Waals surface area contributed by atoms with E-state index in [1.807, 2.05) is 12.1 Å². The van der Waals surface area contributed by atoms with Gasteiger partial charge in [-0.2, -0.15) is 0 Å². The van der Waals surface area contributed by atoms with E-state index in [1.165, 1.54) is 0 Å². The monoisotopic (exact) mass is 297 g/mol. The Labute approximate surface area is 107 Å². The highest BCUT2D eigenvalue weighted by Gasteiger charge is 2.41. The van der Waals surface area contributed by atoms with Gasteiger partial charge in [0.25, 0.3) is 0 Å². The molecule has 1 aromatic carbocycles. The van der Waals surface area contributed by atoms with E-state index in [4.69, 9.17) is 5.11 Å². The standard InChI is InChI=1S/C12H12BrNO3/c13-7-1-3-8(4-2-7)14-11(15)9-5-6-10(9)12(16)17/h1-4,9-10H,5-6H2,(H,14,15)(H,16,17). The Morgan fingerprint density at radius 2 is 1.76 bits per heavy atom. The predicted molar refractivity (Wildman–Crippen MR) is 66.6 cm³/mol. The molecule has 1 aliphatic carbocycles. The molecule has 0 saturated heterocycles. The van der Waals surface area contributed by atoms with Crippen molar-refractivity contribution in [3.63, 3.8) is 0 Å². The number of amides is 1. The number of anilines is 1. The SMILES string of the molecule is O=C(O)C1CCC1C(=O)Nc1ccc(Br)cc1. The summed E-state index contributed by atoms with van der Waals surface area (Å²) in [7, 11) is 0. The normalized spacial score (nSPS) is 22.6. The van der Waals surface area contributed by atoms with E-state index < -0.39 is 17.8 Å². The summed E-state index contributed by atoms with van der Waals surface area (Å²) < 4.78 is 0.933. The highest BCUT2D eigenvalue weighted by Crippen LogP contribution is 2.35. The maximum Gasteiger partial charge on any atom is 0.307 e. The number of aliphatic carboxylic acids is 1. The average molecular weight is 298 g/mol. The molecule has 2 rings (SSSR count). The zero-order valence-corrected chi connectivity index (χ0v) is 10.6. The number of halogens is 1. The van der Waals surface area contributed by atoms with E-state index >= 15 is 0 Å². The highest BCUT2D eigenvalue weighted by molar-refractivity contribution is 9.10. The lowest BCUT2D eigenvalue weighted by atomic mass is 9.73. The molecule has 1 aliphatic rings. The van der Waals surface area contributed by atoms with Gasteiger partial charge in [-0.3, -0.25) is 9.59 Å². The van der Waals surface area contributed by atoms with E-state index in [0.717, 1.165) is 4.47 Å². The van der Waals surface area contributed by atoms with Crippen LogP contribution in [-0.4, -0.2) is 17.0 Å².